The molecule has 2 amide bonds. The molecule has 0 aliphatic carbocycles. The largest absolute Gasteiger partial charge is 0.573 e. The number of primary amides is 1. The Morgan fingerprint density at radius 3 is 2.51 bits per heavy atom. The number of imidazole rings is 1. The quantitative estimate of drug-likeness (QED) is 0.479. The summed E-state index contributed by atoms with van der Waals surface area (Å²) >= 11 is 0. The van der Waals surface area contributed by atoms with E-state index in [0.29, 0.717) is 16.8 Å². The summed E-state index contributed by atoms with van der Waals surface area (Å²) in [7, 11) is 1.79. The Morgan fingerprint density at radius 2 is 1.92 bits per heavy atom. The van der Waals surface area contributed by atoms with Gasteiger partial charge in [-0.25, -0.2) is 14.4 Å². The Labute approximate surface area is 208 Å². The van der Waals surface area contributed by atoms with Crippen LogP contribution in [0.2, 0.25) is 0 Å². The van der Waals surface area contributed by atoms with E-state index in [-0.39, 0.29) is 43.3 Å². The van der Waals surface area contributed by atoms with Gasteiger partial charge in [-0.3, -0.25) is 9.59 Å². The fraction of sp³-hybridized carbons (Fsp3) is 0.333. The highest BCUT2D eigenvalue weighted by Gasteiger charge is 2.34. The molecule has 37 heavy (non-hydrogen) atoms. The molecule has 2 aromatic heterocycles. The van der Waals surface area contributed by atoms with Gasteiger partial charge in [-0.2, -0.15) is 0 Å². The molecular weight excluding hydrogens is 498 g/mol. The average Bonchev–Trinajstić information content (AvgIpc) is 3.27. The Kier molecular flexibility index (Phi) is 7.32. The molecule has 4 rings (SSSR count). The minimum absolute atomic E-state index is 0.0215. The Hall–Kier alpha value is -4.16. The Morgan fingerprint density at radius 1 is 1.19 bits per heavy atom. The molecule has 2 atom stereocenters. The zero-order valence-corrected chi connectivity index (χ0v) is 19.6. The summed E-state index contributed by atoms with van der Waals surface area (Å²) in [5.41, 5.74) is 7.03. The number of benzene rings is 1. The zero-order valence-electron chi connectivity index (χ0n) is 19.6. The summed E-state index contributed by atoms with van der Waals surface area (Å²) in [5.74, 6) is -1.69. The van der Waals surface area contributed by atoms with Crippen molar-refractivity contribution >= 4 is 11.8 Å². The van der Waals surface area contributed by atoms with E-state index in [0.717, 1.165) is 12.1 Å². The number of carbonyl (C=O) groups is 2. The van der Waals surface area contributed by atoms with E-state index in [1.54, 1.807) is 24.1 Å². The first-order valence-corrected chi connectivity index (χ1v) is 11.2. The molecule has 13 heteroatoms. The maximum Gasteiger partial charge on any atom is 0.573 e. The molecule has 3 heterocycles. The highest BCUT2D eigenvalue weighted by atomic mass is 19.4. The second-order valence-corrected chi connectivity index (χ2v) is 8.53. The van der Waals surface area contributed by atoms with E-state index in [2.05, 4.69) is 14.7 Å². The smallest absolute Gasteiger partial charge is 0.471 e. The van der Waals surface area contributed by atoms with Crippen molar-refractivity contribution in [3.63, 3.8) is 0 Å². The van der Waals surface area contributed by atoms with E-state index < -0.39 is 30.3 Å². The zero-order chi connectivity index (χ0) is 26.7. The maximum absolute atomic E-state index is 15.0. The monoisotopic (exact) mass is 521 g/mol. The lowest BCUT2D eigenvalue weighted by Gasteiger charge is -2.34. The van der Waals surface area contributed by atoms with E-state index >= 15 is 0 Å². The number of halogens is 4. The van der Waals surface area contributed by atoms with Crippen LogP contribution in [0.15, 0.2) is 49.1 Å². The first-order valence-electron chi connectivity index (χ1n) is 11.2. The van der Waals surface area contributed by atoms with Crippen LogP contribution in [0.5, 0.6) is 11.6 Å². The number of pyridine rings is 1. The van der Waals surface area contributed by atoms with Gasteiger partial charge in [-0.1, -0.05) is 12.1 Å². The number of ether oxygens (including phenoxy) is 2. The third kappa shape index (κ3) is 6.54. The number of piperidine rings is 1. The average molecular weight is 521 g/mol. The number of hydrogen-bond donors (Lipinski definition) is 1. The van der Waals surface area contributed by atoms with Gasteiger partial charge in [0.25, 0.3) is 5.91 Å². The lowest BCUT2D eigenvalue weighted by molar-refractivity contribution is -0.274. The van der Waals surface area contributed by atoms with Crippen molar-refractivity contribution in [1.82, 2.24) is 19.4 Å². The fourth-order valence-corrected chi connectivity index (χ4v) is 3.91. The van der Waals surface area contributed by atoms with E-state index in [1.807, 2.05) is 0 Å². The number of amides is 2. The lowest BCUT2D eigenvalue weighted by Crippen LogP contribution is -2.49. The number of aromatic nitrogens is 3. The molecule has 1 unspecified atom stereocenters. The van der Waals surface area contributed by atoms with Crippen LogP contribution in [0.25, 0.3) is 11.3 Å². The Balaban J connectivity index is 1.37. The predicted molar refractivity (Wildman–Crippen MR) is 122 cm³/mol. The van der Waals surface area contributed by atoms with Gasteiger partial charge in [-0.05, 0) is 23.8 Å². The molecule has 9 nitrogen and oxygen atoms in total. The lowest BCUT2D eigenvalue weighted by atomic mass is 10.0. The molecule has 1 saturated heterocycles. The van der Waals surface area contributed by atoms with Gasteiger partial charge in [0.15, 0.2) is 6.17 Å². The molecular formula is C24H23F4N5O4. The molecule has 2 N–H and O–H groups in total. The third-order valence-corrected chi connectivity index (χ3v) is 5.73. The van der Waals surface area contributed by atoms with Crippen molar-refractivity contribution in [2.45, 2.75) is 31.5 Å². The van der Waals surface area contributed by atoms with Gasteiger partial charge in [0, 0.05) is 38.0 Å². The van der Waals surface area contributed by atoms with Crippen LogP contribution >= 0.6 is 0 Å². The van der Waals surface area contributed by atoms with E-state index in [9.17, 15) is 27.2 Å². The molecule has 1 fully saturated rings. The summed E-state index contributed by atoms with van der Waals surface area (Å²) in [5, 5.41) is 0. The summed E-state index contributed by atoms with van der Waals surface area (Å²) in [6.07, 6.45) is -2.57. The topological polar surface area (TPSA) is 113 Å². The first kappa shape index (κ1) is 25.9. The molecule has 1 aliphatic rings. The second kappa shape index (κ2) is 10.4. The second-order valence-electron chi connectivity index (χ2n) is 8.53. The number of rotatable bonds is 7. The van der Waals surface area contributed by atoms with Crippen LogP contribution in [0.1, 0.15) is 22.3 Å². The number of aryl methyl sites for hydroxylation is 1. The molecule has 1 aliphatic heterocycles. The first-order chi connectivity index (χ1) is 17.5. The van der Waals surface area contributed by atoms with Crippen molar-refractivity contribution < 1.29 is 36.6 Å². The Bertz CT molecular complexity index is 1280. The van der Waals surface area contributed by atoms with Crippen molar-refractivity contribution in [2.24, 2.45) is 12.8 Å². The highest BCUT2D eigenvalue weighted by Crippen LogP contribution is 2.27. The standard InChI is InChI=1S/C24H23F4N5O4/c1-32-12-19(31-13-32)15-9-17(22(29)35)23(30-10-15)36-20-6-7-33(11-18(20)25)21(34)8-14-2-4-16(5-3-14)37-24(26,27)28/h2-5,9-10,12-13,18,20H,6-8,11H2,1H3,(H2,29,35)/t18?,20-/m0/s1. The predicted octanol–water partition coefficient (Wildman–Crippen LogP) is 3.04. The van der Waals surface area contributed by atoms with Crippen molar-refractivity contribution in [1.29, 1.82) is 0 Å². The van der Waals surface area contributed by atoms with E-state index in [1.165, 1.54) is 29.3 Å². The molecule has 0 bridgehead atoms. The highest BCUT2D eigenvalue weighted by molar-refractivity contribution is 5.96. The minimum Gasteiger partial charge on any atom is -0.471 e. The third-order valence-electron chi connectivity index (χ3n) is 5.73. The molecule has 0 saturated carbocycles. The summed E-state index contributed by atoms with van der Waals surface area (Å²) in [6.45, 7) is -0.0756. The SMILES string of the molecule is Cn1cnc(-c2cnc(O[C@H]3CCN(C(=O)Cc4ccc(OC(F)(F)F)cc4)CC3F)c(C(N)=O)c2)c1. The van der Waals surface area contributed by atoms with Crippen LogP contribution in [-0.4, -0.2) is 63.0 Å². The summed E-state index contributed by atoms with van der Waals surface area (Å²) in [6, 6.07) is 6.37. The molecule has 1 aromatic carbocycles. The van der Waals surface area contributed by atoms with Crippen molar-refractivity contribution in [3.8, 4) is 22.9 Å². The number of nitrogens with two attached hydrogens (primary N) is 1. The fourth-order valence-electron chi connectivity index (χ4n) is 3.91. The minimum atomic E-state index is -4.81. The molecule has 196 valence electrons. The number of alkyl halides is 4. The normalized spacial score (nSPS) is 17.9. The van der Waals surface area contributed by atoms with Gasteiger partial charge in [0.2, 0.25) is 11.8 Å². The van der Waals surface area contributed by atoms with Gasteiger partial charge < -0.3 is 24.7 Å². The number of nitrogens with zero attached hydrogens (tertiary/aromatic N) is 4. The number of carbonyl (C=O) groups excluding carboxylic acids is 2. The molecule has 0 spiro atoms. The van der Waals surface area contributed by atoms with Crippen LogP contribution in [-0.2, 0) is 18.3 Å². The molecule has 0 radical (unpaired) electrons. The maximum atomic E-state index is 15.0. The van der Waals surface area contributed by atoms with Gasteiger partial charge >= 0.3 is 6.36 Å². The summed E-state index contributed by atoms with van der Waals surface area (Å²) < 4.78 is 63.1. The van der Waals surface area contributed by atoms with Gasteiger partial charge in [0.1, 0.15) is 17.4 Å². The van der Waals surface area contributed by atoms with Gasteiger partial charge in [-0.15, -0.1) is 13.2 Å². The van der Waals surface area contributed by atoms with Crippen LogP contribution < -0.4 is 15.2 Å². The molecule has 3 aromatic rings. The summed E-state index contributed by atoms with van der Waals surface area (Å²) in [4.78, 5) is 34.3. The van der Waals surface area contributed by atoms with E-state index in [4.69, 9.17) is 10.5 Å². The number of likely N-dealkylation sites (tertiary alicyclic amines) is 1. The van der Waals surface area contributed by atoms with Gasteiger partial charge in [0.05, 0.1) is 25.0 Å². The van der Waals surface area contributed by atoms with Crippen molar-refractivity contribution in [3.05, 3.63) is 60.2 Å². The number of hydrogen-bond acceptors (Lipinski definition) is 6. The van der Waals surface area contributed by atoms with Crippen LogP contribution in [0.4, 0.5) is 17.6 Å². The van der Waals surface area contributed by atoms with Crippen LogP contribution in [0.3, 0.4) is 0 Å². The van der Waals surface area contributed by atoms with Crippen LogP contribution in [0, 0.1) is 0 Å². The van der Waals surface area contributed by atoms with Crippen molar-refractivity contribution in [2.75, 3.05) is 13.1 Å².